The number of rotatable bonds is 6. The molecule has 0 aliphatic heterocycles. The summed E-state index contributed by atoms with van der Waals surface area (Å²) < 4.78 is 5.18. The van der Waals surface area contributed by atoms with Gasteiger partial charge in [-0.25, -0.2) is 4.79 Å². The van der Waals surface area contributed by atoms with Gasteiger partial charge in [0.15, 0.2) is 0 Å². The Hall–Kier alpha value is -3.80. The van der Waals surface area contributed by atoms with Gasteiger partial charge in [-0.1, -0.05) is 36.4 Å². The number of urea groups is 1. The number of methoxy groups -OCH3 is 1. The lowest BCUT2D eigenvalue weighted by Crippen LogP contribution is -2.28. The summed E-state index contributed by atoms with van der Waals surface area (Å²) in [7, 11) is 1.60. The van der Waals surface area contributed by atoms with Crippen molar-refractivity contribution in [2.75, 3.05) is 12.4 Å². The van der Waals surface area contributed by atoms with Gasteiger partial charge >= 0.3 is 6.03 Å². The third-order valence-corrected chi connectivity index (χ3v) is 4.21. The monoisotopic (exact) mass is 375 g/mol. The molecule has 0 bridgehead atoms. The molecule has 0 aliphatic rings. The Morgan fingerprint density at radius 1 is 0.929 bits per heavy atom. The van der Waals surface area contributed by atoms with E-state index in [2.05, 4.69) is 10.6 Å². The van der Waals surface area contributed by atoms with E-state index in [1.807, 2.05) is 60.7 Å². The maximum atomic E-state index is 12.2. The molecule has 0 spiro atoms. The Morgan fingerprint density at radius 2 is 1.68 bits per heavy atom. The summed E-state index contributed by atoms with van der Waals surface area (Å²) in [6.45, 7) is 0.386. The standard InChI is InChI=1S/C22H21N3O3/c1-28-20-7-2-4-15(12-20)14-24-22(27)25-19-6-3-5-18(13-19)16-8-10-17(11-9-16)21(23)26/h2-13H,14H2,1H3,(H2,23,26)(H2,24,25,27). The van der Waals surface area contributed by atoms with Gasteiger partial charge in [0.1, 0.15) is 5.75 Å². The first-order valence-electron chi connectivity index (χ1n) is 8.73. The number of carbonyl (C=O) groups is 2. The zero-order valence-electron chi connectivity index (χ0n) is 15.4. The van der Waals surface area contributed by atoms with Gasteiger partial charge in [0, 0.05) is 17.8 Å². The van der Waals surface area contributed by atoms with Crippen LogP contribution in [0.3, 0.4) is 0 Å². The van der Waals surface area contributed by atoms with E-state index in [4.69, 9.17) is 10.5 Å². The Kier molecular flexibility index (Phi) is 5.91. The minimum absolute atomic E-state index is 0.302. The molecule has 0 aliphatic carbocycles. The minimum atomic E-state index is -0.463. The van der Waals surface area contributed by atoms with Crippen molar-refractivity contribution in [3.8, 4) is 16.9 Å². The van der Waals surface area contributed by atoms with Crippen molar-refractivity contribution in [2.45, 2.75) is 6.54 Å². The van der Waals surface area contributed by atoms with Crippen molar-refractivity contribution in [2.24, 2.45) is 5.73 Å². The molecule has 3 aromatic carbocycles. The summed E-state index contributed by atoms with van der Waals surface area (Å²) in [5, 5.41) is 5.65. The Morgan fingerprint density at radius 3 is 2.39 bits per heavy atom. The van der Waals surface area contributed by atoms with Gasteiger partial charge in [0.2, 0.25) is 5.91 Å². The highest BCUT2D eigenvalue weighted by Crippen LogP contribution is 2.23. The van der Waals surface area contributed by atoms with Crippen LogP contribution in [0.5, 0.6) is 5.75 Å². The van der Waals surface area contributed by atoms with E-state index in [1.165, 1.54) is 0 Å². The van der Waals surface area contributed by atoms with Crippen molar-refractivity contribution in [3.63, 3.8) is 0 Å². The number of nitrogens with two attached hydrogens (primary N) is 1. The van der Waals surface area contributed by atoms with Crippen molar-refractivity contribution in [1.29, 1.82) is 0 Å². The van der Waals surface area contributed by atoms with Gasteiger partial charge in [-0.15, -0.1) is 0 Å². The van der Waals surface area contributed by atoms with E-state index >= 15 is 0 Å². The number of amides is 3. The Bertz CT molecular complexity index is 984. The molecule has 4 N–H and O–H groups in total. The van der Waals surface area contributed by atoms with E-state index in [0.29, 0.717) is 17.8 Å². The Balaban J connectivity index is 1.63. The molecule has 142 valence electrons. The largest absolute Gasteiger partial charge is 0.497 e. The highest BCUT2D eigenvalue weighted by Gasteiger charge is 2.06. The molecule has 3 aromatic rings. The number of ether oxygens (including phenoxy) is 1. The van der Waals surface area contributed by atoms with Crippen LogP contribution in [0.15, 0.2) is 72.8 Å². The molecule has 0 radical (unpaired) electrons. The third-order valence-electron chi connectivity index (χ3n) is 4.21. The fraction of sp³-hybridized carbons (Fsp3) is 0.0909. The highest BCUT2D eigenvalue weighted by atomic mass is 16.5. The van der Waals surface area contributed by atoms with Gasteiger partial charge < -0.3 is 21.1 Å². The smallest absolute Gasteiger partial charge is 0.319 e. The zero-order valence-corrected chi connectivity index (χ0v) is 15.4. The van der Waals surface area contributed by atoms with Gasteiger partial charge in [0.25, 0.3) is 0 Å². The van der Waals surface area contributed by atoms with Crippen LogP contribution in [0.25, 0.3) is 11.1 Å². The molecule has 0 aromatic heterocycles. The average molecular weight is 375 g/mol. The van der Waals surface area contributed by atoms with Gasteiger partial charge in [-0.2, -0.15) is 0 Å². The highest BCUT2D eigenvalue weighted by molar-refractivity contribution is 5.93. The van der Waals surface area contributed by atoms with Crippen LogP contribution in [0.4, 0.5) is 10.5 Å². The minimum Gasteiger partial charge on any atom is -0.497 e. The lowest BCUT2D eigenvalue weighted by atomic mass is 10.0. The molecule has 0 fully saturated rings. The number of hydrogen-bond donors (Lipinski definition) is 3. The SMILES string of the molecule is COc1cccc(CNC(=O)Nc2cccc(-c3ccc(C(N)=O)cc3)c2)c1. The second kappa shape index (κ2) is 8.73. The fourth-order valence-corrected chi connectivity index (χ4v) is 2.74. The molecule has 0 heterocycles. The first kappa shape index (κ1) is 19.0. The van der Waals surface area contributed by atoms with Crippen LogP contribution in [-0.4, -0.2) is 19.0 Å². The summed E-state index contributed by atoms with van der Waals surface area (Å²) in [5.41, 5.74) is 9.17. The molecule has 3 rings (SSSR count). The number of anilines is 1. The van der Waals surface area contributed by atoms with E-state index in [9.17, 15) is 9.59 Å². The topological polar surface area (TPSA) is 93.4 Å². The number of benzene rings is 3. The first-order valence-corrected chi connectivity index (χ1v) is 8.73. The van der Waals surface area contributed by atoms with Gasteiger partial charge in [-0.3, -0.25) is 4.79 Å². The molecule has 3 amide bonds. The number of primary amides is 1. The molecular weight excluding hydrogens is 354 g/mol. The first-order chi connectivity index (χ1) is 13.5. The van der Waals surface area contributed by atoms with E-state index in [-0.39, 0.29) is 6.03 Å². The Labute approximate surface area is 163 Å². The molecule has 0 atom stereocenters. The second-order valence-corrected chi connectivity index (χ2v) is 6.18. The van der Waals surface area contributed by atoms with Crippen LogP contribution in [0.1, 0.15) is 15.9 Å². The summed E-state index contributed by atoms with van der Waals surface area (Å²) >= 11 is 0. The van der Waals surface area contributed by atoms with Gasteiger partial charge in [-0.05, 0) is 53.1 Å². The van der Waals surface area contributed by atoms with Crippen molar-refractivity contribution < 1.29 is 14.3 Å². The third kappa shape index (κ3) is 4.88. The molecule has 6 nitrogen and oxygen atoms in total. The lowest BCUT2D eigenvalue weighted by Gasteiger charge is -2.10. The number of hydrogen-bond acceptors (Lipinski definition) is 3. The summed E-state index contributed by atoms with van der Waals surface area (Å²) in [5.74, 6) is 0.282. The molecule has 0 saturated carbocycles. The summed E-state index contributed by atoms with van der Waals surface area (Å²) in [6.07, 6.45) is 0. The summed E-state index contributed by atoms with van der Waals surface area (Å²) in [6, 6.07) is 21.7. The normalized spacial score (nSPS) is 10.2. The predicted molar refractivity (Wildman–Crippen MR) is 109 cm³/mol. The average Bonchev–Trinajstić information content (AvgIpc) is 2.72. The van der Waals surface area contributed by atoms with E-state index in [1.54, 1.807) is 19.2 Å². The van der Waals surface area contributed by atoms with E-state index in [0.717, 1.165) is 22.4 Å². The second-order valence-electron chi connectivity index (χ2n) is 6.18. The predicted octanol–water partition coefficient (Wildman–Crippen LogP) is 3.78. The fourth-order valence-electron chi connectivity index (χ4n) is 2.74. The molecule has 0 saturated heterocycles. The van der Waals surface area contributed by atoms with Crippen LogP contribution >= 0.6 is 0 Å². The summed E-state index contributed by atoms with van der Waals surface area (Å²) in [4.78, 5) is 23.4. The van der Waals surface area contributed by atoms with Crippen LogP contribution in [0.2, 0.25) is 0 Å². The quantitative estimate of drug-likeness (QED) is 0.612. The zero-order chi connectivity index (χ0) is 19.9. The lowest BCUT2D eigenvalue weighted by molar-refractivity contribution is 0.100. The molecule has 6 heteroatoms. The molecule has 28 heavy (non-hydrogen) atoms. The van der Waals surface area contributed by atoms with Crippen LogP contribution < -0.4 is 21.1 Å². The maximum Gasteiger partial charge on any atom is 0.319 e. The molecular formula is C22H21N3O3. The number of nitrogens with one attached hydrogen (secondary N) is 2. The van der Waals surface area contributed by atoms with E-state index < -0.39 is 5.91 Å². The van der Waals surface area contributed by atoms with Crippen LogP contribution in [-0.2, 0) is 6.54 Å². The van der Waals surface area contributed by atoms with Crippen molar-refractivity contribution in [3.05, 3.63) is 83.9 Å². The van der Waals surface area contributed by atoms with Crippen LogP contribution in [0, 0.1) is 0 Å². The molecule has 0 unspecified atom stereocenters. The maximum absolute atomic E-state index is 12.2. The van der Waals surface area contributed by atoms with Crippen molar-refractivity contribution in [1.82, 2.24) is 5.32 Å². The van der Waals surface area contributed by atoms with Gasteiger partial charge in [0.05, 0.1) is 7.11 Å². The van der Waals surface area contributed by atoms with Crippen molar-refractivity contribution >= 4 is 17.6 Å². The number of carbonyl (C=O) groups excluding carboxylic acids is 2.